The molecule has 4 aliphatic rings. The van der Waals surface area contributed by atoms with Gasteiger partial charge in [0.15, 0.2) is 0 Å². The number of esters is 1. The monoisotopic (exact) mass is 275 g/mol. The van der Waals surface area contributed by atoms with Crippen LogP contribution in [0, 0.1) is 34.0 Å². The van der Waals surface area contributed by atoms with Crippen LogP contribution in [-0.4, -0.2) is 11.6 Å². The molecule has 0 spiro atoms. The second kappa shape index (κ2) is 4.23. The van der Waals surface area contributed by atoms with Crippen LogP contribution in [0.4, 0.5) is 0 Å². The molecule has 2 atom stereocenters. The van der Waals surface area contributed by atoms with Crippen LogP contribution >= 0.6 is 0 Å². The van der Waals surface area contributed by atoms with Gasteiger partial charge in [-0.2, -0.15) is 5.26 Å². The summed E-state index contributed by atoms with van der Waals surface area (Å²) in [5, 5.41) is 9.60. The summed E-state index contributed by atoms with van der Waals surface area (Å²) in [5.41, 5.74) is -0.951. The molecule has 4 bridgehead atoms. The van der Waals surface area contributed by atoms with E-state index in [4.69, 9.17) is 4.74 Å². The number of nitrogens with zero attached hydrogens (tertiary/aromatic N) is 1. The maximum atomic E-state index is 12.5. The van der Waals surface area contributed by atoms with Crippen molar-refractivity contribution in [2.75, 3.05) is 0 Å². The van der Waals surface area contributed by atoms with Crippen LogP contribution < -0.4 is 0 Å². The molecular formula is C17H25NO2. The highest BCUT2D eigenvalue weighted by atomic mass is 16.6. The Morgan fingerprint density at radius 1 is 1.30 bits per heavy atom. The molecule has 3 nitrogen and oxygen atoms in total. The van der Waals surface area contributed by atoms with Gasteiger partial charge in [-0.1, -0.05) is 6.92 Å². The van der Waals surface area contributed by atoms with Gasteiger partial charge in [0.2, 0.25) is 0 Å². The molecule has 0 N–H and O–H groups in total. The van der Waals surface area contributed by atoms with Gasteiger partial charge in [-0.3, -0.25) is 4.79 Å². The maximum absolute atomic E-state index is 12.5. The third kappa shape index (κ3) is 2.05. The van der Waals surface area contributed by atoms with E-state index in [0.717, 1.165) is 38.5 Å². The summed E-state index contributed by atoms with van der Waals surface area (Å²) >= 11 is 0. The molecule has 0 amide bonds. The fraction of sp³-hybridized carbons (Fsp3) is 0.882. The van der Waals surface area contributed by atoms with Crippen molar-refractivity contribution >= 4 is 5.97 Å². The van der Waals surface area contributed by atoms with Gasteiger partial charge in [0.1, 0.15) is 5.60 Å². The smallest absolute Gasteiger partial charge is 0.312 e. The first-order chi connectivity index (χ1) is 9.32. The zero-order valence-corrected chi connectivity index (χ0v) is 12.9. The average Bonchev–Trinajstić information content (AvgIpc) is 2.36. The summed E-state index contributed by atoms with van der Waals surface area (Å²) in [6.45, 7) is 5.93. The molecule has 4 aliphatic carbocycles. The lowest BCUT2D eigenvalue weighted by molar-refractivity contribution is -0.202. The molecule has 2 unspecified atom stereocenters. The Morgan fingerprint density at radius 3 is 2.40 bits per heavy atom. The van der Waals surface area contributed by atoms with E-state index in [1.807, 2.05) is 20.8 Å². The molecule has 0 aromatic rings. The van der Waals surface area contributed by atoms with Gasteiger partial charge in [0.25, 0.3) is 0 Å². The van der Waals surface area contributed by atoms with Crippen molar-refractivity contribution in [3.8, 4) is 6.07 Å². The fourth-order valence-electron chi connectivity index (χ4n) is 4.91. The Hall–Kier alpha value is -1.04. The zero-order chi connectivity index (χ0) is 14.6. The topological polar surface area (TPSA) is 50.1 Å². The Morgan fingerprint density at radius 2 is 1.90 bits per heavy atom. The SMILES string of the molecule is CCC(C)(C)C(=O)OC12CC3CC(CC(C#N)(C3)C1)C2. The van der Waals surface area contributed by atoms with E-state index in [2.05, 4.69) is 6.07 Å². The maximum Gasteiger partial charge on any atom is 0.312 e. The second-order valence-corrected chi connectivity index (χ2v) is 8.16. The number of rotatable bonds is 3. The van der Waals surface area contributed by atoms with Crippen molar-refractivity contribution in [1.29, 1.82) is 5.26 Å². The van der Waals surface area contributed by atoms with E-state index in [-0.39, 0.29) is 17.0 Å². The van der Waals surface area contributed by atoms with Crippen LogP contribution in [0.2, 0.25) is 0 Å². The highest BCUT2D eigenvalue weighted by Crippen LogP contribution is 2.62. The first-order valence-electron chi connectivity index (χ1n) is 7.97. The average molecular weight is 275 g/mol. The second-order valence-electron chi connectivity index (χ2n) is 8.16. The number of ether oxygens (including phenoxy) is 1. The van der Waals surface area contributed by atoms with Crippen molar-refractivity contribution < 1.29 is 9.53 Å². The first-order valence-corrected chi connectivity index (χ1v) is 7.97. The summed E-state index contributed by atoms with van der Waals surface area (Å²) in [7, 11) is 0. The molecule has 4 rings (SSSR count). The van der Waals surface area contributed by atoms with E-state index in [0.29, 0.717) is 11.8 Å². The van der Waals surface area contributed by atoms with Crippen LogP contribution in [0.25, 0.3) is 0 Å². The van der Waals surface area contributed by atoms with E-state index in [9.17, 15) is 10.1 Å². The number of hydrogen-bond acceptors (Lipinski definition) is 3. The van der Waals surface area contributed by atoms with Gasteiger partial charge in [-0.25, -0.2) is 0 Å². The third-order valence-corrected chi connectivity index (χ3v) is 5.99. The van der Waals surface area contributed by atoms with Crippen molar-refractivity contribution in [2.24, 2.45) is 22.7 Å². The van der Waals surface area contributed by atoms with E-state index in [1.54, 1.807) is 0 Å². The standard InChI is InChI=1S/C17H25NO2/c1-4-15(2,3)14(19)20-17-8-12-5-13(9-17)7-16(6-12,10-17)11-18/h12-13H,4-10H2,1-3H3. The Bertz CT molecular complexity index is 460. The summed E-state index contributed by atoms with van der Waals surface area (Å²) in [4.78, 5) is 12.5. The number of carbonyl (C=O) groups excluding carboxylic acids is 1. The van der Waals surface area contributed by atoms with Crippen molar-refractivity contribution in [3.63, 3.8) is 0 Å². The third-order valence-electron chi connectivity index (χ3n) is 5.99. The molecule has 4 saturated carbocycles. The first kappa shape index (κ1) is 13.9. The number of carbonyl (C=O) groups is 1. The Kier molecular flexibility index (Phi) is 2.94. The Labute approximate surface area is 121 Å². The van der Waals surface area contributed by atoms with Gasteiger partial charge >= 0.3 is 5.97 Å². The lowest BCUT2D eigenvalue weighted by atomic mass is 9.48. The molecule has 4 fully saturated rings. The van der Waals surface area contributed by atoms with Gasteiger partial charge in [0.05, 0.1) is 16.9 Å². The molecule has 110 valence electrons. The summed E-state index contributed by atoms with van der Waals surface area (Å²) in [5.74, 6) is 1.11. The predicted molar refractivity (Wildman–Crippen MR) is 75.6 cm³/mol. The van der Waals surface area contributed by atoms with Gasteiger partial charge < -0.3 is 4.74 Å². The molecule has 0 heterocycles. The molecular weight excluding hydrogens is 250 g/mol. The molecule has 0 saturated heterocycles. The molecule has 0 aromatic carbocycles. The van der Waals surface area contributed by atoms with E-state index in [1.165, 1.54) is 6.42 Å². The van der Waals surface area contributed by atoms with Gasteiger partial charge in [0, 0.05) is 6.42 Å². The fourth-order valence-corrected chi connectivity index (χ4v) is 4.91. The van der Waals surface area contributed by atoms with Crippen molar-refractivity contribution in [1.82, 2.24) is 0 Å². The normalized spacial score (nSPS) is 42.3. The van der Waals surface area contributed by atoms with Gasteiger partial charge in [-0.15, -0.1) is 0 Å². The lowest BCUT2D eigenvalue weighted by Gasteiger charge is -2.59. The predicted octanol–water partition coefficient (Wildman–Crippen LogP) is 3.83. The zero-order valence-electron chi connectivity index (χ0n) is 12.9. The summed E-state index contributed by atoms with van der Waals surface area (Å²) in [6.07, 6.45) is 6.82. The molecule has 0 aliphatic heterocycles. The largest absolute Gasteiger partial charge is 0.459 e. The molecule has 3 heteroatoms. The highest BCUT2D eigenvalue weighted by Gasteiger charge is 2.60. The number of nitriles is 1. The highest BCUT2D eigenvalue weighted by molar-refractivity contribution is 5.76. The minimum Gasteiger partial charge on any atom is -0.459 e. The molecule has 20 heavy (non-hydrogen) atoms. The van der Waals surface area contributed by atoms with E-state index >= 15 is 0 Å². The van der Waals surface area contributed by atoms with Crippen LogP contribution in [0.3, 0.4) is 0 Å². The Balaban J connectivity index is 1.83. The van der Waals surface area contributed by atoms with Crippen LogP contribution in [0.1, 0.15) is 65.7 Å². The quantitative estimate of drug-likeness (QED) is 0.735. The number of hydrogen-bond donors (Lipinski definition) is 0. The van der Waals surface area contributed by atoms with Crippen LogP contribution in [-0.2, 0) is 9.53 Å². The minimum atomic E-state index is -0.414. The van der Waals surface area contributed by atoms with Gasteiger partial charge in [-0.05, 0) is 64.2 Å². The molecule has 0 radical (unpaired) electrons. The molecule has 0 aromatic heterocycles. The summed E-state index contributed by atoms with van der Waals surface area (Å²) < 4.78 is 6.04. The van der Waals surface area contributed by atoms with E-state index < -0.39 is 5.41 Å². The van der Waals surface area contributed by atoms with Crippen molar-refractivity contribution in [2.45, 2.75) is 71.3 Å². The minimum absolute atomic E-state index is 0.0740. The summed E-state index contributed by atoms with van der Waals surface area (Å²) in [6, 6.07) is 2.57. The van der Waals surface area contributed by atoms with Crippen molar-refractivity contribution in [3.05, 3.63) is 0 Å². The van der Waals surface area contributed by atoms with Crippen LogP contribution in [0.5, 0.6) is 0 Å². The lowest BCUT2D eigenvalue weighted by Crippen LogP contribution is -2.57. The van der Waals surface area contributed by atoms with Crippen LogP contribution in [0.15, 0.2) is 0 Å².